The van der Waals surface area contributed by atoms with Crippen LogP contribution in [0.25, 0.3) is 0 Å². The van der Waals surface area contributed by atoms with Crippen molar-refractivity contribution in [1.29, 1.82) is 0 Å². The summed E-state index contributed by atoms with van der Waals surface area (Å²) in [6.07, 6.45) is -1.96. The van der Waals surface area contributed by atoms with Gasteiger partial charge < -0.3 is 20.1 Å². The topological polar surface area (TPSA) is 90.2 Å². The molecular weight excluding hydrogens is 309 g/mol. The third kappa shape index (κ3) is 3.96. The van der Waals surface area contributed by atoms with Crippen molar-refractivity contribution in [1.82, 2.24) is 4.90 Å². The zero-order valence-electron chi connectivity index (χ0n) is 11.3. The number of rotatable bonds is 3. The van der Waals surface area contributed by atoms with E-state index in [9.17, 15) is 20.1 Å². The normalized spacial score (nSPS) is 36.5. The minimum absolute atomic E-state index is 0. The molecule has 20 heavy (non-hydrogen) atoms. The van der Waals surface area contributed by atoms with E-state index in [0.29, 0.717) is 32.4 Å². The largest absolute Gasteiger partial charge is 0.458 e. The fraction of sp³-hybridized carbons (Fsp3) is 0.917. The molecule has 0 amide bonds. The van der Waals surface area contributed by atoms with Crippen LogP contribution in [0.3, 0.4) is 0 Å². The lowest BCUT2D eigenvalue weighted by atomic mass is 9.93. The van der Waals surface area contributed by atoms with Crippen LogP contribution in [-0.4, -0.2) is 69.7 Å². The molecule has 0 aliphatic carbocycles. The lowest BCUT2D eigenvalue weighted by molar-refractivity contribution is -0.178. The molecule has 0 aromatic rings. The van der Waals surface area contributed by atoms with Crippen molar-refractivity contribution in [3.05, 3.63) is 0 Å². The summed E-state index contributed by atoms with van der Waals surface area (Å²) in [5, 5.41) is 29.7. The van der Waals surface area contributed by atoms with Gasteiger partial charge in [0.2, 0.25) is 0 Å². The van der Waals surface area contributed by atoms with Crippen LogP contribution in [0.1, 0.15) is 26.2 Å². The molecule has 0 unspecified atom stereocenters. The number of aliphatic hydroxyl groups excluding tert-OH is 3. The Labute approximate surface area is 130 Å². The van der Waals surface area contributed by atoms with Gasteiger partial charge in [-0.05, 0) is 12.8 Å². The molecule has 0 aromatic heterocycles. The Hall–Kier alpha value is -0.110. The Morgan fingerprint density at radius 3 is 2.50 bits per heavy atom. The molecule has 0 saturated carbocycles. The van der Waals surface area contributed by atoms with Crippen molar-refractivity contribution >= 4 is 30.8 Å². The van der Waals surface area contributed by atoms with Crippen molar-refractivity contribution in [3.63, 3.8) is 0 Å². The lowest BCUT2D eigenvalue weighted by Crippen LogP contribution is -2.62. The second kappa shape index (κ2) is 8.36. The first-order valence-corrected chi connectivity index (χ1v) is 6.52. The number of fused-ring (bicyclic) bond motifs is 1. The van der Waals surface area contributed by atoms with Gasteiger partial charge in [0.25, 0.3) is 0 Å². The number of piperidine rings is 1. The van der Waals surface area contributed by atoms with Gasteiger partial charge in [0, 0.05) is 19.5 Å². The second-order valence-corrected chi connectivity index (χ2v) is 5.10. The van der Waals surface area contributed by atoms with Crippen molar-refractivity contribution in [3.8, 4) is 0 Å². The maximum atomic E-state index is 11.4. The molecule has 0 aromatic carbocycles. The molecule has 0 spiro atoms. The van der Waals surface area contributed by atoms with Crippen LogP contribution in [0.4, 0.5) is 0 Å². The Morgan fingerprint density at radius 2 is 1.90 bits per heavy atom. The standard InChI is InChI=1S/C12H21NO5.2ClH/c1-2-3-9(15)18-8-6-13-5-4-7(14)10(13)12(17)11(8)16;;/h7-8,10-12,14,16-17H,2-6H2,1H3;2*1H/t7-,8-,10+,11+,12+;;/m0../s1. The van der Waals surface area contributed by atoms with E-state index in [2.05, 4.69) is 0 Å². The molecule has 5 atom stereocenters. The number of hydrogen-bond acceptors (Lipinski definition) is 6. The number of carbonyl (C=O) groups is 1. The fourth-order valence-electron chi connectivity index (χ4n) is 2.82. The number of hydrogen-bond donors (Lipinski definition) is 3. The van der Waals surface area contributed by atoms with Gasteiger partial charge in [0.15, 0.2) is 0 Å². The average molecular weight is 332 g/mol. The molecule has 2 aliphatic rings. The number of aliphatic hydroxyl groups is 3. The highest BCUT2D eigenvalue weighted by molar-refractivity contribution is 5.85. The van der Waals surface area contributed by atoms with Gasteiger partial charge in [-0.2, -0.15) is 0 Å². The van der Waals surface area contributed by atoms with Gasteiger partial charge in [-0.15, -0.1) is 24.8 Å². The second-order valence-electron chi connectivity index (χ2n) is 5.10. The van der Waals surface area contributed by atoms with E-state index >= 15 is 0 Å². The molecule has 2 aliphatic heterocycles. The van der Waals surface area contributed by atoms with Crippen LogP contribution >= 0.6 is 24.8 Å². The van der Waals surface area contributed by atoms with E-state index in [-0.39, 0.29) is 30.8 Å². The van der Waals surface area contributed by atoms with Gasteiger partial charge in [0.05, 0.1) is 12.1 Å². The van der Waals surface area contributed by atoms with Gasteiger partial charge >= 0.3 is 5.97 Å². The van der Waals surface area contributed by atoms with E-state index in [4.69, 9.17) is 4.74 Å². The van der Waals surface area contributed by atoms with Crippen LogP contribution in [0.5, 0.6) is 0 Å². The van der Waals surface area contributed by atoms with Crippen LogP contribution < -0.4 is 0 Å². The Morgan fingerprint density at radius 1 is 1.25 bits per heavy atom. The van der Waals surface area contributed by atoms with Crippen molar-refractivity contribution in [2.45, 2.75) is 56.6 Å². The van der Waals surface area contributed by atoms with Gasteiger partial charge in [-0.25, -0.2) is 0 Å². The van der Waals surface area contributed by atoms with Gasteiger partial charge in [-0.3, -0.25) is 9.69 Å². The monoisotopic (exact) mass is 331 g/mol. The molecular formula is C12H23Cl2NO5. The van der Waals surface area contributed by atoms with Crippen molar-refractivity contribution in [2.24, 2.45) is 0 Å². The molecule has 120 valence electrons. The number of ether oxygens (including phenoxy) is 1. The highest BCUT2D eigenvalue weighted by Gasteiger charge is 2.49. The summed E-state index contributed by atoms with van der Waals surface area (Å²) in [7, 11) is 0. The SMILES string of the molecule is CCCC(=O)O[C@H]1CN2CC[C@H](O)[C@@H]2[C@@H](O)[C@@H]1O.Cl.Cl. The first kappa shape index (κ1) is 19.9. The van der Waals surface area contributed by atoms with Crippen LogP contribution in [0.15, 0.2) is 0 Å². The van der Waals surface area contributed by atoms with E-state index in [1.165, 1.54) is 0 Å². The summed E-state index contributed by atoms with van der Waals surface area (Å²) in [6.45, 7) is 2.90. The molecule has 0 radical (unpaired) electrons. The minimum Gasteiger partial charge on any atom is -0.458 e. The maximum absolute atomic E-state index is 11.4. The Bertz CT molecular complexity index is 320. The highest BCUT2D eigenvalue weighted by atomic mass is 35.5. The molecule has 2 fully saturated rings. The van der Waals surface area contributed by atoms with Crippen LogP contribution in [0, 0.1) is 0 Å². The molecule has 2 rings (SSSR count). The molecule has 6 nitrogen and oxygen atoms in total. The highest BCUT2D eigenvalue weighted by Crippen LogP contribution is 2.29. The van der Waals surface area contributed by atoms with E-state index in [1.54, 1.807) is 0 Å². The summed E-state index contributed by atoms with van der Waals surface area (Å²) < 4.78 is 5.19. The predicted octanol–water partition coefficient (Wildman–Crippen LogP) is -0.287. The van der Waals surface area contributed by atoms with Gasteiger partial charge in [-0.1, -0.05) is 6.92 Å². The fourth-order valence-corrected chi connectivity index (χ4v) is 2.82. The first-order valence-electron chi connectivity index (χ1n) is 6.52. The zero-order chi connectivity index (χ0) is 13.3. The number of halogens is 2. The molecule has 8 heteroatoms. The van der Waals surface area contributed by atoms with Crippen molar-refractivity contribution in [2.75, 3.05) is 13.1 Å². The predicted molar refractivity (Wildman–Crippen MR) is 77.3 cm³/mol. The number of esters is 1. The maximum Gasteiger partial charge on any atom is 0.306 e. The van der Waals surface area contributed by atoms with E-state index in [0.717, 1.165) is 0 Å². The molecule has 2 saturated heterocycles. The summed E-state index contributed by atoms with van der Waals surface area (Å²) in [4.78, 5) is 13.3. The third-order valence-electron chi connectivity index (χ3n) is 3.76. The minimum atomic E-state index is -1.13. The van der Waals surface area contributed by atoms with E-state index in [1.807, 2.05) is 11.8 Å². The molecule has 2 heterocycles. The summed E-state index contributed by atoms with van der Waals surface area (Å²) >= 11 is 0. The van der Waals surface area contributed by atoms with Crippen LogP contribution in [-0.2, 0) is 9.53 Å². The van der Waals surface area contributed by atoms with Crippen molar-refractivity contribution < 1.29 is 24.9 Å². The number of nitrogens with zero attached hydrogens (tertiary/aromatic N) is 1. The van der Waals surface area contributed by atoms with Crippen LogP contribution in [0.2, 0.25) is 0 Å². The van der Waals surface area contributed by atoms with Gasteiger partial charge in [0.1, 0.15) is 18.3 Å². The Kier molecular flexibility index (Phi) is 8.32. The average Bonchev–Trinajstić information content (AvgIpc) is 2.67. The summed E-state index contributed by atoms with van der Waals surface area (Å²) in [5.41, 5.74) is 0. The third-order valence-corrected chi connectivity index (χ3v) is 3.76. The smallest absolute Gasteiger partial charge is 0.306 e. The molecule has 3 N–H and O–H groups in total. The summed E-state index contributed by atoms with van der Waals surface area (Å²) in [5.74, 6) is -0.355. The first-order chi connectivity index (χ1) is 8.54. The molecule has 0 bridgehead atoms. The van der Waals surface area contributed by atoms with E-state index < -0.39 is 30.5 Å². The zero-order valence-corrected chi connectivity index (χ0v) is 13.0. The Balaban J connectivity index is 0.00000180. The quantitative estimate of drug-likeness (QED) is 0.616. The number of carbonyl (C=O) groups excluding carboxylic acids is 1. The lowest BCUT2D eigenvalue weighted by Gasteiger charge is -2.42. The summed E-state index contributed by atoms with van der Waals surface area (Å²) in [6, 6.07) is -0.443.